The molecule has 0 aromatic rings. The molecular formula is C9H15N. The van der Waals surface area contributed by atoms with Crippen LogP contribution in [-0.2, 0) is 0 Å². The van der Waals surface area contributed by atoms with Gasteiger partial charge in [-0.2, -0.15) is 0 Å². The highest BCUT2D eigenvalue weighted by molar-refractivity contribution is 5.01. The minimum atomic E-state index is 1.09. The van der Waals surface area contributed by atoms with Crippen LogP contribution >= 0.6 is 0 Å². The highest BCUT2D eigenvalue weighted by Crippen LogP contribution is 1.92. The minimum Gasteiger partial charge on any atom is -0.405 e. The van der Waals surface area contributed by atoms with Crippen molar-refractivity contribution in [3.8, 4) is 0 Å². The fraction of sp³-hybridized carbons (Fsp3) is 0.333. The summed E-state index contributed by atoms with van der Waals surface area (Å²) in [4.78, 5) is 0. The van der Waals surface area contributed by atoms with Crippen molar-refractivity contribution in [1.82, 2.24) is 0 Å². The van der Waals surface area contributed by atoms with Gasteiger partial charge in [0.25, 0.3) is 0 Å². The molecular weight excluding hydrogens is 122 g/mol. The summed E-state index contributed by atoms with van der Waals surface area (Å²) in [5.41, 5.74) is 5.12. The standard InChI is InChI=1S/C9H15N/c1-2-3-4-5-6-7-8-9-10/h2-3,6-9H,4-5,10H2,1H3/b3-2-,7-6-,9-8+. The van der Waals surface area contributed by atoms with E-state index in [1.165, 1.54) is 6.20 Å². The molecule has 0 aromatic heterocycles. The molecule has 0 amide bonds. The summed E-state index contributed by atoms with van der Waals surface area (Å²) in [6, 6.07) is 0. The van der Waals surface area contributed by atoms with Crippen molar-refractivity contribution in [2.24, 2.45) is 5.73 Å². The molecule has 0 atom stereocenters. The van der Waals surface area contributed by atoms with Crippen LogP contribution in [0, 0.1) is 0 Å². The number of unbranched alkanes of at least 4 members (excludes halogenated alkanes) is 1. The minimum absolute atomic E-state index is 1.09. The van der Waals surface area contributed by atoms with Crippen LogP contribution in [0.5, 0.6) is 0 Å². The molecule has 0 aliphatic rings. The van der Waals surface area contributed by atoms with E-state index in [9.17, 15) is 0 Å². The van der Waals surface area contributed by atoms with Gasteiger partial charge in [-0.15, -0.1) is 0 Å². The molecule has 10 heavy (non-hydrogen) atoms. The van der Waals surface area contributed by atoms with Crippen LogP contribution in [-0.4, -0.2) is 0 Å². The maximum absolute atomic E-state index is 5.12. The first kappa shape index (κ1) is 9.02. The molecule has 0 radical (unpaired) electrons. The van der Waals surface area contributed by atoms with Gasteiger partial charge in [0.05, 0.1) is 0 Å². The van der Waals surface area contributed by atoms with Crippen molar-refractivity contribution in [2.45, 2.75) is 19.8 Å². The number of allylic oxidation sites excluding steroid dienone is 5. The van der Waals surface area contributed by atoms with E-state index in [4.69, 9.17) is 5.73 Å². The van der Waals surface area contributed by atoms with Crippen LogP contribution in [0.1, 0.15) is 19.8 Å². The van der Waals surface area contributed by atoms with Gasteiger partial charge < -0.3 is 5.73 Å². The van der Waals surface area contributed by atoms with E-state index in [0.717, 1.165) is 12.8 Å². The molecule has 0 unspecified atom stereocenters. The van der Waals surface area contributed by atoms with Gasteiger partial charge in [0.15, 0.2) is 0 Å². The number of hydrogen-bond acceptors (Lipinski definition) is 1. The zero-order valence-corrected chi connectivity index (χ0v) is 6.46. The third-order valence-electron chi connectivity index (χ3n) is 1.09. The van der Waals surface area contributed by atoms with Gasteiger partial charge in [-0.25, -0.2) is 0 Å². The van der Waals surface area contributed by atoms with E-state index in [-0.39, 0.29) is 0 Å². The first-order valence-corrected chi connectivity index (χ1v) is 3.56. The van der Waals surface area contributed by atoms with Gasteiger partial charge in [0, 0.05) is 0 Å². The summed E-state index contributed by atoms with van der Waals surface area (Å²) in [6.45, 7) is 2.03. The first-order chi connectivity index (χ1) is 4.91. The number of rotatable bonds is 4. The lowest BCUT2D eigenvalue weighted by Crippen LogP contribution is -1.72. The van der Waals surface area contributed by atoms with Crippen molar-refractivity contribution in [3.63, 3.8) is 0 Å². The lowest BCUT2D eigenvalue weighted by atomic mass is 10.3. The Morgan fingerprint density at radius 2 is 1.80 bits per heavy atom. The van der Waals surface area contributed by atoms with Crippen LogP contribution in [0.25, 0.3) is 0 Å². The number of nitrogens with two attached hydrogens (primary N) is 1. The van der Waals surface area contributed by atoms with E-state index in [1.807, 2.05) is 19.1 Å². The molecule has 0 fully saturated rings. The Hall–Kier alpha value is -0.980. The zero-order valence-electron chi connectivity index (χ0n) is 6.46. The lowest BCUT2D eigenvalue weighted by Gasteiger charge is -1.82. The Bertz CT molecular complexity index is 132. The summed E-state index contributed by atoms with van der Waals surface area (Å²) < 4.78 is 0. The van der Waals surface area contributed by atoms with Crippen LogP contribution in [0.15, 0.2) is 36.6 Å². The predicted octanol–water partition coefficient (Wildman–Crippen LogP) is 2.37. The molecule has 1 nitrogen and oxygen atoms in total. The van der Waals surface area contributed by atoms with Crippen LogP contribution in [0.2, 0.25) is 0 Å². The monoisotopic (exact) mass is 137 g/mol. The second kappa shape index (κ2) is 8.02. The first-order valence-electron chi connectivity index (χ1n) is 3.56. The summed E-state index contributed by atoms with van der Waals surface area (Å²) in [7, 11) is 0. The molecule has 56 valence electrons. The predicted molar refractivity (Wildman–Crippen MR) is 46.5 cm³/mol. The fourth-order valence-electron chi connectivity index (χ4n) is 0.598. The van der Waals surface area contributed by atoms with E-state index >= 15 is 0 Å². The van der Waals surface area contributed by atoms with Gasteiger partial charge in [0.1, 0.15) is 0 Å². The fourth-order valence-corrected chi connectivity index (χ4v) is 0.598. The Kier molecular flexibility index (Phi) is 7.23. The molecule has 0 spiro atoms. The van der Waals surface area contributed by atoms with Crippen LogP contribution < -0.4 is 5.73 Å². The lowest BCUT2D eigenvalue weighted by molar-refractivity contribution is 1.05. The average molecular weight is 137 g/mol. The summed E-state index contributed by atoms with van der Waals surface area (Å²) in [5.74, 6) is 0. The van der Waals surface area contributed by atoms with Gasteiger partial charge >= 0.3 is 0 Å². The summed E-state index contributed by atoms with van der Waals surface area (Å²) in [5, 5.41) is 0. The Morgan fingerprint density at radius 3 is 2.40 bits per heavy atom. The second-order valence-corrected chi connectivity index (χ2v) is 1.96. The van der Waals surface area contributed by atoms with E-state index in [0.29, 0.717) is 0 Å². The maximum atomic E-state index is 5.12. The molecule has 0 saturated carbocycles. The van der Waals surface area contributed by atoms with E-state index in [1.54, 1.807) is 0 Å². The molecule has 0 aromatic carbocycles. The number of hydrogen-bond donors (Lipinski definition) is 1. The van der Waals surface area contributed by atoms with Crippen molar-refractivity contribution >= 4 is 0 Å². The van der Waals surface area contributed by atoms with Gasteiger partial charge in [-0.05, 0) is 32.0 Å². The van der Waals surface area contributed by atoms with Crippen molar-refractivity contribution < 1.29 is 0 Å². The molecule has 0 aliphatic carbocycles. The molecule has 0 saturated heterocycles. The molecule has 0 aliphatic heterocycles. The SMILES string of the molecule is C/C=C\CC/C=C\C=C\N. The van der Waals surface area contributed by atoms with E-state index < -0.39 is 0 Å². The van der Waals surface area contributed by atoms with Crippen molar-refractivity contribution in [1.29, 1.82) is 0 Å². The Morgan fingerprint density at radius 1 is 1.10 bits per heavy atom. The topological polar surface area (TPSA) is 26.0 Å². The average Bonchev–Trinajstić information content (AvgIpc) is 1.97. The smallest absolute Gasteiger partial charge is 0.00625 e. The van der Waals surface area contributed by atoms with Crippen molar-refractivity contribution in [3.05, 3.63) is 36.6 Å². The quantitative estimate of drug-likeness (QED) is 0.359. The molecule has 0 bridgehead atoms. The maximum Gasteiger partial charge on any atom is -0.00625 e. The Balaban J connectivity index is 3.18. The van der Waals surface area contributed by atoms with Crippen LogP contribution in [0.3, 0.4) is 0 Å². The molecule has 2 N–H and O–H groups in total. The van der Waals surface area contributed by atoms with E-state index in [2.05, 4.69) is 18.2 Å². The third-order valence-corrected chi connectivity index (χ3v) is 1.09. The summed E-state index contributed by atoms with van der Waals surface area (Å²) >= 11 is 0. The zero-order chi connectivity index (χ0) is 7.66. The largest absolute Gasteiger partial charge is 0.405 e. The van der Waals surface area contributed by atoms with Gasteiger partial charge in [-0.3, -0.25) is 0 Å². The highest BCUT2D eigenvalue weighted by atomic mass is 14.5. The third kappa shape index (κ3) is 7.02. The molecule has 0 rings (SSSR count). The van der Waals surface area contributed by atoms with Gasteiger partial charge in [0.2, 0.25) is 0 Å². The van der Waals surface area contributed by atoms with Gasteiger partial charge in [-0.1, -0.05) is 24.3 Å². The van der Waals surface area contributed by atoms with Crippen LogP contribution in [0.4, 0.5) is 0 Å². The molecule has 1 heteroatoms. The normalized spacial score (nSPS) is 12.5. The molecule has 0 heterocycles. The summed E-state index contributed by atoms with van der Waals surface area (Å²) in [6.07, 6.45) is 13.8. The highest BCUT2D eigenvalue weighted by Gasteiger charge is 1.71. The Labute approximate surface area is 62.9 Å². The van der Waals surface area contributed by atoms with Crippen molar-refractivity contribution in [2.75, 3.05) is 0 Å². The second-order valence-electron chi connectivity index (χ2n) is 1.96.